The van der Waals surface area contributed by atoms with E-state index in [1.54, 1.807) is 0 Å². The van der Waals surface area contributed by atoms with Crippen LogP contribution in [0.4, 0.5) is 5.82 Å². The second kappa shape index (κ2) is 5.04. The van der Waals surface area contributed by atoms with Crippen LogP contribution in [0.15, 0.2) is 6.33 Å². The minimum atomic E-state index is -1.20. The number of nitrogens with zero attached hydrogens (tertiary/aromatic N) is 4. The SMILES string of the molecule is Nc1nc(I)nc2c1ncn2C1OC(CO)[C@@H](O)C1O. The van der Waals surface area contributed by atoms with Crippen molar-refractivity contribution in [3.63, 3.8) is 0 Å². The molecule has 0 bridgehead atoms. The van der Waals surface area contributed by atoms with Gasteiger partial charge in [-0.05, 0) is 0 Å². The molecule has 1 aliphatic rings. The van der Waals surface area contributed by atoms with Crippen molar-refractivity contribution in [3.05, 3.63) is 10.2 Å². The standard InChI is InChI=1S/C10H12IN5O4/c11-10-14-7(12)4-8(15-10)16(2-13-4)9-6(19)5(18)3(1-17)20-9/h2-3,5-6,9,17-19H,1H2,(H2,12,14,15)/t3?,5-,6?,9?/m1/s1. The fourth-order valence-corrected chi connectivity index (χ4v) is 2.70. The molecule has 20 heavy (non-hydrogen) atoms. The molecule has 0 spiro atoms. The maximum Gasteiger partial charge on any atom is 0.194 e. The van der Waals surface area contributed by atoms with E-state index in [1.807, 2.05) is 22.6 Å². The van der Waals surface area contributed by atoms with Gasteiger partial charge in [0.05, 0.1) is 12.9 Å². The molecule has 4 atom stereocenters. The van der Waals surface area contributed by atoms with Crippen LogP contribution in [0.3, 0.4) is 0 Å². The second-order valence-corrected chi connectivity index (χ2v) is 5.40. The Labute approximate surface area is 126 Å². The maximum absolute atomic E-state index is 10.0. The molecule has 1 fully saturated rings. The average molecular weight is 393 g/mol. The number of fused-ring (bicyclic) bond motifs is 1. The highest BCUT2D eigenvalue weighted by atomic mass is 127. The van der Waals surface area contributed by atoms with Crippen molar-refractivity contribution in [2.45, 2.75) is 24.5 Å². The molecule has 2 aromatic rings. The van der Waals surface area contributed by atoms with Crippen LogP contribution >= 0.6 is 22.6 Å². The lowest BCUT2D eigenvalue weighted by atomic mass is 10.1. The van der Waals surface area contributed by atoms with Crippen molar-refractivity contribution in [2.24, 2.45) is 0 Å². The van der Waals surface area contributed by atoms with Crippen LogP contribution in [0, 0.1) is 3.83 Å². The van der Waals surface area contributed by atoms with Gasteiger partial charge in [0, 0.05) is 22.6 Å². The largest absolute Gasteiger partial charge is 0.394 e. The number of rotatable bonds is 2. The summed E-state index contributed by atoms with van der Waals surface area (Å²) in [7, 11) is 0. The van der Waals surface area contributed by atoms with Crippen LogP contribution in [-0.2, 0) is 4.74 Å². The topological polar surface area (TPSA) is 140 Å². The molecule has 3 heterocycles. The lowest BCUT2D eigenvalue weighted by Gasteiger charge is -2.16. The number of imidazole rings is 1. The average Bonchev–Trinajstić information content (AvgIpc) is 2.93. The Kier molecular flexibility index (Phi) is 3.50. The van der Waals surface area contributed by atoms with E-state index in [0.717, 1.165) is 0 Å². The summed E-state index contributed by atoms with van der Waals surface area (Å²) in [4.78, 5) is 12.3. The highest BCUT2D eigenvalue weighted by Gasteiger charge is 2.44. The second-order valence-electron chi connectivity index (χ2n) is 4.43. The number of aliphatic hydroxyl groups excluding tert-OH is 3. The molecule has 0 saturated carbocycles. The Morgan fingerprint density at radius 1 is 1.35 bits per heavy atom. The molecule has 9 nitrogen and oxygen atoms in total. The number of nitrogen functional groups attached to an aromatic ring is 1. The first-order valence-corrected chi connectivity index (χ1v) is 6.88. The monoisotopic (exact) mass is 393 g/mol. The van der Waals surface area contributed by atoms with Gasteiger partial charge in [0.1, 0.15) is 23.8 Å². The van der Waals surface area contributed by atoms with Gasteiger partial charge < -0.3 is 25.8 Å². The van der Waals surface area contributed by atoms with Crippen LogP contribution in [0.25, 0.3) is 11.2 Å². The summed E-state index contributed by atoms with van der Waals surface area (Å²) >= 11 is 1.92. The molecule has 0 aromatic carbocycles. The number of hydrogen-bond donors (Lipinski definition) is 4. The van der Waals surface area contributed by atoms with Crippen molar-refractivity contribution >= 4 is 39.6 Å². The van der Waals surface area contributed by atoms with Crippen LogP contribution in [0.5, 0.6) is 0 Å². The molecule has 3 rings (SSSR count). The van der Waals surface area contributed by atoms with Gasteiger partial charge in [-0.2, -0.15) is 0 Å². The lowest BCUT2D eigenvalue weighted by Crippen LogP contribution is -2.33. The number of ether oxygens (including phenoxy) is 1. The Morgan fingerprint density at radius 3 is 2.75 bits per heavy atom. The molecule has 108 valence electrons. The third-order valence-electron chi connectivity index (χ3n) is 3.21. The fraction of sp³-hybridized carbons (Fsp3) is 0.500. The van der Waals surface area contributed by atoms with Crippen molar-refractivity contribution in [1.29, 1.82) is 0 Å². The van der Waals surface area contributed by atoms with E-state index in [2.05, 4.69) is 15.0 Å². The van der Waals surface area contributed by atoms with Crippen molar-refractivity contribution in [2.75, 3.05) is 12.3 Å². The molecular weight excluding hydrogens is 381 g/mol. The summed E-state index contributed by atoms with van der Waals surface area (Å²) in [5.74, 6) is 0.227. The summed E-state index contributed by atoms with van der Waals surface area (Å²) in [6, 6.07) is 0. The maximum atomic E-state index is 10.0. The van der Waals surface area contributed by atoms with Gasteiger partial charge >= 0.3 is 0 Å². The first kappa shape index (κ1) is 13.9. The number of halogens is 1. The first-order valence-electron chi connectivity index (χ1n) is 5.81. The van der Waals surface area contributed by atoms with Crippen LogP contribution < -0.4 is 5.73 Å². The molecule has 3 unspecified atom stereocenters. The van der Waals surface area contributed by atoms with E-state index in [9.17, 15) is 10.2 Å². The van der Waals surface area contributed by atoms with E-state index in [1.165, 1.54) is 10.9 Å². The number of nitrogens with two attached hydrogens (primary N) is 1. The first-order chi connectivity index (χ1) is 9.52. The van der Waals surface area contributed by atoms with E-state index >= 15 is 0 Å². The van der Waals surface area contributed by atoms with Gasteiger partial charge in [0.15, 0.2) is 21.5 Å². The lowest BCUT2D eigenvalue weighted by molar-refractivity contribution is -0.0511. The zero-order chi connectivity index (χ0) is 14.4. The van der Waals surface area contributed by atoms with E-state index in [0.29, 0.717) is 15.0 Å². The number of anilines is 1. The van der Waals surface area contributed by atoms with Crippen molar-refractivity contribution in [3.8, 4) is 0 Å². The summed E-state index contributed by atoms with van der Waals surface area (Å²) in [6.07, 6.45) is -2.71. The Hall–Kier alpha value is -1.08. The molecule has 1 saturated heterocycles. The molecule has 0 radical (unpaired) electrons. The molecular formula is C10H12IN5O4. The van der Waals surface area contributed by atoms with Gasteiger partial charge in [0.25, 0.3) is 0 Å². The van der Waals surface area contributed by atoms with E-state index < -0.39 is 31.1 Å². The number of aromatic nitrogens is 4. The molecule has 5 N–H and O–H groups in total. The van der Waals surface area contributed by atoms with E-state index in [-0.39, 0.29) is 5.82 Å². The fourth-order valence-electron chi connectivity index (χ4n) is 2.21. The summed E-state index contributed by atoms with van der Waals surface area (Å²) < 4.78 is 7.34. The molecule has 10 heteroatoms. The minimum Gasteiger partial charge on any atom is -0.394 e. The zero-order valence-corrected chi connectivity index (χ0v) is 12.2. The van der Waals surface area contributed by atoms with Crippen molar-refractivity contribution in [1.82, 2.24) is 19.5 Å². The highest BCUT2D eigenvalue weighted by molar-refractivity contribution is 14.1. The summed E-state index contributed by atoms with van der Waals surface area (Å²) in [6.45, 7) is -0.393. The predicted molar refractivity (Wildman–Crippen MR) is 75.5 cm³/mol. The normalized spacial score (nSPS) is 30.2. The summed E-state index contributed by atoms with van der Waals surface area (Å²) in [5.41, 5.74) is 6.55. The van der Waals surface area contributed by atoms with Gasteiger partial charge in [-0.3, -0.25) is 4.57 Å². The van der Waals surface area contributed by atoms with E-state index in [4.69, 9.17) is 15.6 Å². The molecule has 0 amide bonds. The van der Waals surface area contributed by atoms with Gasteiger partial charge in [-0.15, -0.1) is 0 Å². The van der Waals surface area contributed by atoms with Crippen LogP contribution in [0.2, 0.25) is 0 Å². The molecule has 2 aromatic heterocycles. The van der Waals surface area contributed by atoms with Crippen molar-refractivity contribution < 1.29 is 20.1 Å². The Bertz CT molecular complexity index is 650. The number of hydrogen-bond acceptors (Lipinski definition) is 8. The third kappa shape index (κ3) is 2.03. The Morgan fingerprint density at radius 2 is 2.10 bits per heavy atom. The quantitative estimate of drug-likeness (QED) is 0.362. The minimum absolute atomic E-state index is 0.227. The Balaban J connectivity index is 2.07. The third-order valence-corrected chi connectivity index (χ3v) is 3.69. The molecule has 0 aliphatic carbocycles. The highest BCUT2D eigenvalue weighted by Crippen LogP contribution is 2.31. The smallest absolute Gasteiger partial charge is 0.194 e. The van der Waals surface area contributed by atoms with Gasteiger partial charge in [-0.25, -0.2) is 15.0 Å². The zero-order valence-electron chi connectivity index (χ0n) is 10.1. The van der Waals surface area contributed by atoms with Crippen LogP contribution in [-0.4, -0.2) is 59.8 Å². The molecule has 1 aliphatic heterocycles. The van der Waals surface area contributed by atoms with Gasteiger partial charge in [0.2, 0.25) is 0 Å². The number of aliphatic hydroxyl groups is 3. The van der Waals surface area contributed by atoms with Gasteiger partial charge in [-0.1, -0.05) is 0 Å². The summed E-state index contributed by atoms with van der Waals surface area (Å²) in [5, 5.41) is 28.9. The van der Waals surface area contributed by atoms with Crippen LogP contribution in [0.1, 0.15) is 6.23 Å². The predicted octanol–water partition coefficient (Wildman–Crippen LogP) is -1.38.